The smallest absolute Gasteiger partial charge is 0.306 e. The molecule has 0 aliphatic rings. The topological polar surface area (TPSA) is 114 Å². The van der Waals surface area contributed by atoms with E-state index in [1.54, 1.807) is 12.1 Å². The van der Waals surface area contributed by atoms with E-state index in [9.17, 15) is 13.2 Å². The molecule has 23 heavy (non-hydrogen) atoms. The second-order valence-corrected chi connectivity index (χ2v) is 6.38. The predicted molar refractivity (Wildman–Crippen MR) is 84.2 cm³/mol. The van der Waals surface area contributed by atoms with Gasteiger partial charge >= 0.3 is 10.1 Å². The van der Waals surface area contributed by atoms with E-state index in [1.807, 2.05) is 0 Å². The highest BCUT2D eigenvalue weighted by Gasteiger charge is 2.14. The summed E-state index contributed by atoms with van der Waals surface area (Å²) in [6, 6.07) is 6.22. The zero-order valence-corrected chi connectivity index (χ0v) is 13.1. The van der Waals surface area contributed by atoms with E-state index < -0.39 is 10.1 Å². The van der Waals surface area contributed by atoms with Crippen molar-refractivity contribution in [1.82, 2.24) is 15.0 Å². The number of fused-ring (bicyclic) bond motifs is 1. The Balaban J connectivity index is 2.11. The second-order valence-electron chi connectivity index (χ2n) is 4.80. The van der Waals surface area contributed by atoms with Gasteiger partial charge in [0.25, 0.3) is 5.56 Å². The van der Waals surface area contributed by atoms with Crippen molar-refractivity contribution in [3.8, 4) is 22.9 Å². The van der Waals surface area contributed by atoms with Gasteiger partial charge in [0.05, 0.1) is 24.4 Å². The van der Waals surface area contributed by atoms with Gasteiger partial charge in [0, 0.05) is 12.3 Å². The molecular formula is C14H13N3O5S. The van der Waals surface area contributed by atoms with Crippen LogP contribution in [0.5, 0.6) is 11.5 Å². The van der Waals surface area contributed by atoms with Gasteiger partial charge in [0.2, 0.25) is 0 Å². The number of pyridine rings is 1. The average molecular weight is 335 g/mol. The molecule has 0 radical (unpaired) electrons. The van der Waals surface area contributed by atoms with Crippen LogP contribution in [0.1, 0.15) is 0 Å². The van der Waals surface area contributed by atoms with E-state index in [4.69, 9.17) is 8.92 Å². The molecule has 8 nitrogen and oxygen atoms in total. The molecule has 2 heterocycles. The maximum atomic E-state index is 11.7. The molecule has 0 unspecified atom stereocenters. The number of imidazole rings is 1. The third-order valence-electron chi connectivity index (χ3n) is 3.09. The lowest BCUT2D eigenvalue weighted by molar-refractivity contribution is 0.413. The maximum Gasteiger partial charge on any atom is 0.306 e. The Kier molecular flexibility index (Phi) is 3.57. The summed E-state index contributed by atoms with van der Waals surface area (Å²) in [6.07, 6.45) is 2.48. The number of aromatic nitrogens is 3. The molecule has 3 aromatic rings. The first-order valence-corrected chi connectivity index (χ1v) is 8.34. The number of aromatic amines is 2. The van der Waals surface area contributed by atoms with E-state index in [1.165, 1.54) is 25.4 Å². The molecule has 9 heteroatoms. The van der Waals surface area contributed by atoms with Gasteiger partial charge < -0.3 is 18.9 Å². The Bertz CT molecular complexity index is 1040. The van der Waals surface area contributed by atoms with Crippen molar-refractivity contribution in [2.75, 3.05) is 13.4 Å². The van der Waals surface area contributed by atoms with Crippen molar-refractivity contribution >= 4 is 21.2 Å². The average Bonchev–Trinajstić information content (AvgIpc) is 2.90. The van der Waals surface area contributed by atoms with Gasteiger partial charge in [-0.3, -0.25) is 4.79 Å². The lowest BCUT2D eigenvalue weighted by Gasteiger charge is -2.09. The fourth-order valence-corrected chi connectivity index (χ4v) is 2.62. The summed E-state index contributed by atoms with van der Waals surface area (Å²) in [5.74, 6) is 0.920. The molecule has 0 aliphatic heterocycles. The summed E-state index contributed by atoms with van der Waals surface area (Å²) < 4.78 is 32.5. The summed E-state index contributed by atoms with van der Waals surface area (Å²) in [6.45, 7) is 0. The SMILES string of the molecule is COc1cc(OS(C)(=O)=O)ccc1-c1nc2c(=O)[nH]ccc2[nH]1. The highest BCUT2D eigenvalue weighted by Crippen LogP contribution is 2.32. The van der Waals surface area contributed by atoms with Crippen LogP contribution in [0.2, 0.25) is 0 Å². The highest BCUT2D eigenvalue weighted by molar-refractivity contribution is 7.86. The van der Waals surface area contributed by atoms with Gasteiger partial charge in [0.1, 0.15) is 17.3 Å². The molecule has 0 aliphatic carbocycles. The van der Waals surface area contributed by atoms with E-state index in [0.29, 0.717) is 22.7 Å². The minimum atomic E-state index is -3.63. The molecular weight excluding hydrogens is 322 g/mol. The van der Waals surface area contributed by atoms with Crippen molar-refractivity contribution in [3.05, 3.63) is 40.8 Å². The van der Waals surface area contributed by atoms with Crippen LogP contribution in [0, 0.1) is 0 Å². The van der Waals surface area contributed by atoms with Gasteiger partial charge in [0.15, 0.2) is 5.52 Å². The van der Waals surface area contributed by atoms with Crippen LogP contribution in [0.3, 0.4) is 0 Å². The quantitative estimate of drug-likeness (QED) is 0.694. The van der Waals surface area contributed by atoms with Crippen molar-refractivity contribution < 1.29 is 17.3 Å². The van der Waals surface area contributed by atoms with Gasteiger partial charge in [-0.1, -0.05) is 0 Å². The van der Waals surface area contributed by atoms with E-state index in [-0.39, 0.29) is 16.8 Å². The summed E-state index contributed by atoms with van der Waals surface area (Å²) >= 11 is 0. The van der Waals surface area contributed by atoms with Crippen molar-refractivity contribution in [3.63, 3.8) is 0 Å². The third-order valence-corrected chi connectivity index (χ3v) is 3.58. The molecule has 1 aromatic carbocycles. The van der Waals surface area contributed by atoms with Crippen LogP contribution >= 0.6 is 0 Å². The first-order chi connectivity index (χ1) is 10.9. The fourth-order valence-electron chi connectivity index (χ4n) is 2.17. The Morgan fingerprint density at radius 1 is 1.22 bits per heavy atom. The Hall–Kier alpha value is -2.81. The first-order valence-electron chi connectivity index (χ1n) is 6.52. The molecule has 0 amide bonds. The number of rotatable bonds is 4. The minimum Gasteiger partial charge on any atom is -0.496 e. The van der Waals surface area contributed by atoms with Gasteiger partial charge in [-0.25, -0.2) is 4.98 Å². The van der Waals surface area contributed by atoms with Crippen LogP contribution in [-0.4, -0.2) is 36.7 Å². The number of hydrogen-bond acceptors (Lipinski definition) is 6. The van der Waals surface area contributed by atoms with Crippen LogP contribution < -0.4 is 14.5 Å². The number of ether oxygens (including phenoxy) is 1. The molecule has 0 saturated heterocycles. The van der Waals surface area contributed by atoms with Gasteiger partial charge in [-0.2, -0.15) is 8.42 Å². The van der Waals surface area contributed by atoms with E-state index >= 15 is 0 Å². The Labute approximate surface area is 131 Å². The monoisotopic (exact) mass is 335 g/mol. The van der Waals surface area contributed by atoms with Crippen LogP contribution in [0.15, 0.2) is 35.3 Å². The number of methoxy groups -OCH3 is 1. The molecule has 0 saturated carbocycles. The third kappa shape index (κ3) is 3.04. The summed E-state index contributed by atoms with van der Waals surface area (Å²) in [5.41, 5.74) is 1.13. The predicted octanol–water partition coefficient (Wildman–Crippen LogP) is 1.27. The van der Waals surface area contributed by atoms with Crippen molar-refractivity contribution in [1.29, 1.82) is 0 Å². The fraction of sp³-hybridized carbons (Fsp3) is 0.143. The lowest BCUT2D eigenvalue weighted by atomic mass is 10.2. The van der Waals surface area contributed by atoms with Crippen molar-refractivity contribution in [2.45, 2.75) is 0 Å². The molecule has 0 atom stereocenters. The molecule has 2 N–H and O–H groups in total. The molecule has 3 rings (SSSR count). The Morgan fingerprint density at radius 2 is 2.00 bits per heavy atom. The van der Waals surface area contributed by atoms with Crippen LogP contribution in [-0.2, 0) is 10.1 Å². The standard InChI is InChI=1S/C14H13N3O5S/c1-21-11-7-8(22-23(2,19)20)3-4-9(11)13-16-10-5-6-15-14(18)12(10)17-13/h3-7H,1-2H3,(H,15,18)(H,16,17). The molecule has 0 bridgehead atoms. The summed E-state index contributed by atoms with van der Waals surface area (Å²) in [4.78, 5) is 21.6. The summed E-state index contributed by atoms with van der Waals surface area (Å²) in [7, 11) is -2.19. The van der Waals surface area contributed by atoms with Gasteiger partial charge in [-0.05, 0) is 18.2 Å². The van der Waals surface area contributed by atoms with Crippen LogP contribution in [0.25, 0.3) is 22.4 Å². The van der Waals surface area contributed by atoms with Crippen LogP contribution in [0.4, 0.5) is 0 Å². The zero-order valence-electron chi connectivity index (χ0n) is 12.3. The number of hydrogen-bond donors (Lipinski definition) is 2. The number of benzene rings is 1. The molecule has 2 aromatic heterocycles. The van der Waals surface area contributed by atoms with Crippen molar-refractivity contribution in [2.24, 2.45) is 0 Å². The van der Waals surface area contributed by atoms with E-state index in [0.717, 1.165) is 6.26 Å². The highest BCUT2D eigenvalue weighted by atomic mass is 32.2. The maximum absolute atomic E-state index is 11.7. The summed E-state index contributed by atoms with van der Waals surface area (Å²) in [5, 5.41) is 0. The minimum absolute atomic E-state index is 0.127. The first kappa shape index (κ1) is 15.1. The molecule has 0 fully saturated rings. The largest absolute Gasteiger partial charge is 0.496 e. The lowest BCUT2D eigenvalue weighted by Crippen LogP contribution is -2.06. The second kappa shape index (κ2) is 5.43. The zero-order chi connectivity index (χ0) is 16.6. The number of nitrogens with zero attached hydrogens (tertiary/aromatic N) is 1. The normalized spacial score (nSPS) is 11.6. The number of nitrogens with one attached hydrogen (secondary N) is 2. The molecule has 0 spiro atoms. The number of H-pyrrole nitrogens is 2. The van der Waals surface area contributed by atoms with Gasteiger partial charge in [-0.15, -0.1) is 0 Å². The van der Waals surface area contributed by atoms with E-state index in [2.05, 4.69) is 15.0 Å². The molecule has 120 valence electrons. The Morgan fingerprint density at radius 3 is 2.65 bits per heavy atom.